The van der Waals surface area contributed by atoms with E-state index in [1.807, 2.05) is 67.1 Å². The van der Waals surface area contributed by atoms with Crippen LogP contribution >= 0.6 is 0 Å². The zero-order valence-corrected chi connectivity index (χ0v) is 28.2. The summed E-state index contributed by atoms with van der Waals surface area (Å²) in [4.78, 5) is 17.4. The molecule has 0 aliphatic rings. The number of aromatic nitrogens is 2. The molecule has 2 N–H and O–H groups in total. The maximum atomic E-state index is 12.5. The second kappa shape index (κ2) is 13.1. The number of amides is 1. The van der Waals surface area contributed by atoms with E-state index in [1.54, 1.807) is 20.8 Å². The molecule has 0 fully saturated rings. The number of rotatable bonds is 10. The standard InChI is InChI=1S/C36H47N3O4Si/c1-34(2,3)42-33(41)37-24-31(40)32(43-44(7,8)35(4,5)6)30-25-39(26-38-30)36(27-18-12-9-13-19-27,28-20-14-10-15-21-28)29-22-16-11-17-23-29/h9-23,25-26,31-32,40H,24H2,1-8H3,(H,37,41)/t31-,32-/m0/s1. The van der Waals surface area contributed by atoms with Crippen molar-refractivity contribution >= 4 is 14.4 Å². The Balaban J connectivity index is 1.84. The van der Waals surface area contributed by atoms with Gasteiger partial charge in [-0.15, -0.1) is 0 Å². The van der Waals surface area contributed by atoms with Gasteiger partial charge in [-0.2, -0.15) is 0 Å². The SMILES string of the molecule is CC(C)(C)OC(=O)NC[C@H](O)[C@@H](O[Si](C)(C)C(C)(C)C)c1cn(C(c2ccccc2)(c2ccccc2)c2ccccc2)cn1. The Bertz CT molecular complexity index is 1400. The van der Waals surface area contributed by atoms with E-state index in [4.69, 9.17) is 14.1 Å². The molecule has 234 valence electrons. The maximum absolute atomic E-state index is 12.5. The second-order valence-corrected chi connectivity index (χ2v) is 18.5. The lowest BCUT2D eigenvalue weighted by atomic mass is 9.77. The minimum atomic E-state index is -2.39. The zero-order valence-electron chi connectivity index (χ0n) is 27.2. The number of hydrogen-bond acceptors (Lipinski definition) is 5. The van der Waals surface area contributed by atoms with Crippen molar-refractivity contribution in [1.29, 1.82) is 0 Å². The van der Waals surface area contributed by atoms with Crippen molar-refractivity contribution in [1.82, 2.24) is 14.9 Å². The summed E-state index contributed by atoms with van der Waals surface area (Å²) in [5.74, 6) is 0. The summed E-state index contributed by atoms with van der Waals surface area (Å²) in [6.07, 6.45) is 1.34. The van der Waals surface area contributed by atoms with E-state index in [1.165, 1.54) is 0 Å². The van der Waals surface area contributed by atoms with Crippen LogP contribution in [0.3, 0.4) is 0 Å². The summed E-state index contributed by atoms with van der Waals surface area (Å²) in [6.45, 7) is 16.1. The van der Waals surface area contributed by atoms with Crippen LogP contribution in [0.1, 0.15) is 70.0 Å². The summed E-state index contributed by atoms with van der Waals surface area (Å²) >= 11 is 0. The van der Waals surface area contributed by atoms with Crippen molar-refractivity contribution in [3.05, 3.63) is 126 Å². The molecule has 0 radical (unpaired) electrons. The molecular weight excluding hydrogens is 566 g/mol. The Morgan fingerprint density at radius 1 is 0.841 bits per heavy atom. The van der Waals surface area contributed by atoms with Gasteiger partial charge in [0.2, 0.25) is 0 Å². The van der Waals surface area contributed by atoms with E-state index in [0.29, 0.717) is 5.69 Å². The number of carbonyl (C=O) groups is 1. The van der Waals surface area contributed by atoms with Crippen molar-refractivity contribution < 1.29 is 19.1 Å². The van der Waals surface area contributed by atoms with Crippen LogP contribution in [0, 0.1) is 0 Å². The van der Waals surface area contributed by atoms with E-state index >= 15 is 0 Å². The molecule has 2 atom stereocenters. The molecule has 0 aliphatic carbocycles. The Labute approximate surface area is 263 Å². The molecule has 1 amide bonds. The number of nitrogens with one attached hydrogen (secondary N) is 1. The lowest BCUT2D eigenvalue weighted by Crippen LogP contribution is -2.46. The van der Waals surface area contributed by atoms with Crippen molar-refractivity contribution in [2.75, 3.05) is 6.54 Å². The minimum absolute atomic E-state index is 0.0533. The highest BCUT2D eigenvalue weighted by molar-refractivity contribution is 6.74. The van der Waals surface area contributed by atoms with Crippen LogP contribution in [0.15, 0.2) is 104 Å². The summed E-state index contributed by atoms with van der Waals surface area (Å²) in [7, 11) is -2.39. The van der Waals surface area contributed by atoms with E-state index < -0.39 is 37.8 Å². The van der Waals surface area contributed by atoms with Gasteiger partial charge in [0.25, 0.3) is 0 Å². The Kier molecular flexibility index (Phi) is 9.88. The zero-order chi connectivity index (χ0) is 32.2. The molecular formula is C36H47N3O4Si. The smallest absolute Gasteiger partial charge is 0.407 e. The summed E-state index contributed by atoms with van der Waals surface area (Å²) in [5.41, 5.74) is 2.37. The lowest BCUT2D eigenvalue weighted by molar-refractivity contribution is 0.0172. The van der Waals surface area contributed by atoms with Crippen LogP contribution < -0.4 is 5.32 Å². The molecule has 0 saturated carbocycles. The van der Waals surface area contributed by atoms with Gasteiger partial charge >= 0.3 is 6.09 Å². The molecule has 4 aromatic rings. The van der Waals surface area contributed by atoms with Gasteiger partial charge in [0.1, 0.15) is 23.3 Å². The molecule has 3 aromatic carbocycles. The van der Waals surface area contributed by atoms with Gasteiger partial charge in [-0.25, -0.2) is 9.78 Å². The quantitative estimate of drug-likeness (QED) is 0.142. The molecule has 0 bridgehead atoms. The van der Waals surface area contributed by atoms with Gasteiger partial charge in [0, 0.05) is 12.7 Å². The molecule has 44 heavy (non-hydrogen) atoms. The van der Waals surface area contributed by atoms with Crippen LogP contribution in [0.5, 0.6) is 0 Å². The van der Waals surface area contributed by atoms with Crippen LogP contribution in [-0.2, 0) is 14.7 Å². The summed E-state index contributed by atoms with van der Waals surface area (Å²) in [6, 6.07) is 31.1. The van der Waals surface area contributed by atoms with Crippen LogP contribution in [0.4, 0.5) is 4.79 Å². The number of hydrogen-bond donors (Lipinski definition) is 2. The largest absolute Gasteiger partial charge is 0.444 e. The topological polar surface area (TPSA) is 85.6 Å². The van der Waals surface area contributed by atoms with Crippen LogP contribution in [-0.4, -0.2) is 47.3 Å². The van der Waals surface area contributed by atoms with Gasteiger partial charge < -0.3 is 24.2 Å². The number of imidazole rings is 1. The fourth-order valence-electron chi connectivity index (χ4n) is 5.09. The highest BCUT2D eigenvalue weighted by Crippen LogP contribution is 2.43. The number of alkyl carbamates (subject to hydrolysis) is 1. The highest BCUT2D eigenvalue weighted by atomic mass is 28.4. The molecule has 1 aromatic heterocycles. The lowest BCUT2D eigenvalue weighted by Gasteiger charge is -2.40. The molecule has 8 heteroatoms. The van der Waals surface area contributed by atoms with Gasteiger partial charge in [-0.05, 0) is 55.6 Å². The highest BCUT2D eigenvalue weighted by Gasteiger charge is 2.43. The average molecular weight is 614 g/mol. The Hall–Kier alpha value is -3.72. The second-order valence-electron chi connectivity index (χ2n) is 13.8. The fraction of sp³-hybridized carbons (Fsp3) is 0.389. The van der Waals surface area contributed by atoms with Crippen molar-refractivity contribution in [2.24, 2.45) is 0 Å². The van der Waals surface area contributed by atoms with E-state index in [0.717, 1.165) is 16.7 Å². The normalized spacial score (nSPS) is 14.1. The number of carbonyl (C=O) groups excluding carboxylic acids is 1. The minimum Gasteiger partial charge on any atom is -0.444 e. The maximum Gasteiger partial charge on any atom is 0.407 e. The fourth-order valence-corrected chi connectivity index (χ4v) is 6.36. The number of aliphatic hydroxyl groups is 1. The predicted molar refractivity (Wildman–Crippen MR) is 178 cm³/mol. The summed E-state index contributed by atoms with van der Waals surface area (Å²) in [5, 5.41) is 14.2. The number of benzene rings is 3. The van der Waals surface area contributed by atoms with Crippen molar-refractivity contribution in [2.45, 2.75) is 83.0 Å². The van der Waals surface area contributed by atoms with Crippen LogP contribution in [0.25, 0.3) is 0 Å². The van der Waals surface area contributed by atoms with E-state index in [9.17, 15) is 9.90 Å². The number of ether oxygens (including phenoxy) is 1. The molecule has 0 saturated heterocycles. The first-order valence-corrected chi connectivity index (χ1v) is 18.1. The van der Waals surface area contributed by atoms with E-state index in [-0.39, 0.29) is 11.6 Å². The molecule has 0 spiro atoms. The third-order valence-electron chi connectivity index (χ3n) is 8.29. The molecule has 0 aliphatic heterocycles. The first kappa shape index (κ1) is 33.2. The average Bonchev–Trinajstić information content (AvgIpc) is 3.45. The van der Waals surface area contributed by atoms with Gasteiger partial charge in [-0.1, -0.05) is 112 Å². The number of nitrogens with zero attached hydrogens (tertiary/aromatic N) is 2. The summed E-state index contributed by atoms with van der Waals surface area (Å²) < 4.78 is 14.4. The monoisotopic (exact) mass is 613 g/mol. The first-order valence-electron chi connectivity index (χ1n) is 15.2. The van der Waals surface area contributed by atoms with Crippen molar-refractivity contribution in [3.8, 4) is 0 Å². The van der Waals surface area contributed by atoms with E-state index in [2.05, 4.69) is 80.1 Å². The van der Waals surface area contributed by atoms with Crippen molar-refractivity contribution in [3.63, 3.8) is 0 Å². The molecule has 7 nitrogen and oxygen atoms in total. The van der Waals surface area contributed by atoms with Gasteiger partial charge in [0.05, 0.1) is 12.0 Å². The Morgan fingerprint density at radius 2 is 1.30 bits per heavy atom. The molecule has 4 rings (SSSR count). The third kappa shape index (κ3) is 7.31. The predicted octanol–water partition coefficient (Wildman–Crippen LogP) is 7.67. The molecule has 0 unspecified atom stereocenters. The van der Waals surface area contributed by atoms with Gasteiger partial charge in [0.15, 0.2) is 8.32 Å². The molecule has 1 heterocycles. The first-order chi connectivity index (χ1) is 20.6. The van der Waals surface area contributed by atoms with Crippen LogP contribution in [0.2, 0.25) is 18.1 Å². The number of aliphatic hydroxyl groups excluding tert-OH is 1. The van der Waals surface area contributed by atoms with Gasteiger partial charge in [-0.3, -0.25) is 0 Å². The Morgan fingerprint density at radius 3 is 1.70 bits per heavy atom. The third-order valence-corrected chi connectivity index (χ3v) is 12.7.